The molecule has 139 valence electrons. The van der Waals surface area contributed by atoms with Crippen LogP contribution in [0.3, 0.4) is 0 Å². The first-order chi connectivity index (χ1) is 16.8. The summed E-state index contributed by atoms with van der Waals surface area (Å²) >= 11 is 0. The molecule has 28 heavy (non-hydrogen) atoms. The quantitative estimate of drug-likeness (QED) is 0.317. The average Bonchev–Trinajstić information content (AvgIpc) is 3.11. The van der Waals surface area contributed by atoms with Crippen LogP contribution in [0.2, 0.25) is 0 Å². The summed E-state index contributed by atoms with van der Waals surface area (Å²) in [4.78, 5) is 4.08. The second-order valence-electron chi connectivity index (χ2n) is 5.81. The molecular weight excluding hydrogens is 523 g/mol. The van der Waals surface area contributed by atoms with Crippen molar-refractivity contribution in [2.24, 2.45) is 0 Å². The van der Waals surface area contributed by atoms with E-state index < -0.39 is 26.0 Å². The number of benzene rings is 3. The largest absolute Gasteiger partial charge is 0.340 e. The van der Waals surface area contributed by atoms with Gasteiger partial charge in [-0.05, 0) is 53.7 Å². The van der Waals surface area contributed by atoms with Crippen molar-refractivity contribution in [1.29, 1.82) is 5.26 Å². The number of aromatic nitrogens is 2. The zero-order valence-corrected chi connectivity index (χ0v) is 16.8. The van der Waals surface area contributed by atoms with Gasteiger partial charge in [0.1, 0.15) is 0 Å². The van der Waals surface area contributed by atoms with E-state index in [9.17, 15) is 5.26 Å². The summed E-state index contributed by atoms with van der Waals surface area (Å²) in [6.45, 7) is -5.59. The van der Waals surface area contributed by atoms with Crippen molar-refractivity contribution >= 4 is 0 Å². The van der Waals surface area contributed by atoms with Crippen molar-refractivity contribution in [3.05, 3.63) is 95.7 Å². The molecule has 0 bridgehead atoms. The minimum atomic E-state index is -2.80. The number of nitrogens with zero attached hydrogens (tertiary/aromatic N) is 3. The molecule has 1 heterocycles. The Balaban J connectivity index is 0.00000380. The Hall–Kier alpha value is -2.99. The molecule has 3 nitrogen and oxygen atoms in total. The Kier molecular flexibility index (Phi) is 3.32. The van der Waals surface area contributed by atoms with E-state index in [1.54, 1.807) is 12.1 Å². The van der Waals surface area contributed by atoms with Crippen LogP contribution in [0.15, 0.2) is 73.0 Å². The Labute approximate surface area is 191 Å². The fourth-order valence-electron chi connectivity index (χ4n) is 2.86. The number of aryl methyl sites for hydroxylation is 2. The summed E-state index contributed by atoms with van der Waals surface area (Å²) in [6.07, 6.45) is -1.01. The molecule has 3 aromatic carbocycles. The van der Waals surface area contributed by atoms with E-state index in [4.69, 9.17) is 12.3 Å². The zero-order valence-electron chi connectivity index (χ0n) is 23.4. The van der Waals surface area contributed by atoms with E-state index in [2.05, 4.69) is 11.1 Å². The fraction of sp³-hybridized carbons (Fsp3) is 0.0833. The summed E-state index contributed by atoms with van der Waals surface area (Å²) in [7, 11) is 0. The van der Waals surface area contributed by atoms with Gasteiger partial charge in [-0.2, -0.15) is 5.26 Å². The molecule has 0 aliphatic rings. The maximum atomic E-state index is 9.29. The molecule has 0 aliphatic heterocycles. The van der Waals surface area contributed by atoms with E-state index in [0.717, 1.165) is 4.57 Å². The van der Waals surface area contributed by atoms with Crippen LogP contribution in [0.25, 0.3) is 28.2 Å². The number of rotatable bonds is 3. The second kappa shape index (κ2) is 8.35. The van der Waals surface area contributed by atoms with E-state index in [-0.39, 0.29) is 59.9 Å². The van der Waals surface area contributed by atoms with Gasteiger partial charge in [0.2, 0.25) is 0 Å². The molecule has 4 rings (SSSR count). The Morgan fingerprint density at radius 1 is 1.11 bits per heavy atom. The molecule has 0 unspecified atom stereocenters. The van der Waals surface area contributed by atoms with Gasteiger partial charge in [0.15, 0.2) is 0 Å². The Morgan fingerprint density at radius 2 is 1.86 bits per heavy atom. The van der Waals surface area contributed by atoms with E-state index in [1.807, 2.05) is 6.07 Å². The van der Waals surface area contributed by atoms with Gasteiger partial charge in [-0.15, -0.1) is 29.8 Å². The molecule has 0 spiro atoms. The van der Waals surface area contributed by atoms with Gasteiger partial charge in [0, 0.05) is 46.4 Å². The van der Waals surface area contributed by atoms with Crippen LogP contribution in [0.1, 0.15) is 29.0 Å². The molecule has 4 heteroatoms. The molecule has 1 aromatic heterocycles. The van der Waals surface area contributed by atoms with Gasteiger partial charge in [0.25, 0.3) is 0 Å². The summed E-state index contributed by atoms with van der Waals surface area (Å²) in [6, 6.07) is 18.3. The van der Waals surface area contributed by atoms with Gasteiger partial charge in [-0.1, -0.05) is 30.3 Å². The van der Waals surface area contributed by atoms with Crippen molar-refractivity contribution in [3.63, 3.8) is 0 Å². The smallest absolute Gasteiger partial charge is 0.0846 e. The van der Waals surface area contributed by atoms with Crippen LogP contribution in [0, 0.1) is 31.1 Å². The van der Waals surface area contributed by atoms with Crippen molar-refractivity contribution in [2.75, 3.05) is 0 Å². The van der Waals surface area contributed by atoms with Crippen molar-refractivity contribution in [3.8, 4) is 34.3 Å². The molecule has 4 aromatic rings. The summed E-state index contributed by atoms with van der Waals surface area (Å²) in [5, 5.41) is 9.29. The molecule has 0 fully saturated rings. The second-order valence-corrected chi connectivity index (χ2v) is 5.81. The SMILES string of the molecule is [2H]c1ccc(-c2cc(C([2H])([2H])[2H])c(-n3c(-c4[c-]ccc(C#N)c4)nc([2H])c3[2H])c(C([2H])([2H])[2H])c2)cc1.[Ir]. The molecular formula is C24H18IrN3-. The molecule has 0 saturated carbocycles. The first kappa shape index (κ1) is 11.1. The summed E-state index contributed by atoms with van der Waals surface area (Å²) < 4.78 is 74.5. The van der Waals surface area contributed by atoms with Gasteiger partial charge in [-0.25, -0.2) is 0 Å². The van der Waals surface area contributed by atoms with Gasteiger partial charge in [0.05, 0.1) is 16.0 Å². The average molecular weight is 550 g/mol. The van der Waals surface area contributed by atoms with Gasteiger partial charge in [-0.3, -0.25) is 4.98 Å². The molecule has 1 radical (unpaired) electrons. The summed E-state index contributed by atoms with van der Waals surface area (Å²) in [5.41, 5.74) is 0.294. The van der Waals surface area contributed by atoms with Crippen LogP contribution < -0.4 is 0 Å². The molecule has 0 aliphatic carbocycles. The third-order valence-corrected chi connectivity index (χ3v) is 4.09. The predicted octanol–water partition coefficient (Wildman–Crippen LogP) is 5.49. The normalized spacial score (nSPS) is 15.8. The van der Waals surface area contributed by atoms with E-state index in [0.29, 0.717) is 11.1 Å². The van der Waals surface area contributed by atoms with Crippen LogP contribution in [0.4, 0.5) is 0 Å². The first-order valence-electron chi connectivity index (χ1n) is 12.6. The summed E-state index contributed by atoms with van der Waals surface area (Å²) in [5.74, 6) is -0.0793. The van der Waals surface area contributed by atoms with Crippen LogP contribution in [-0.2, 0) is 20.1 Å². The Morgan fingerprint density at radius 3 is 2.54 bits per heavy atom. The molecule has 0 amide bonds. The first-order valence-corrected chi connectivity index (χ1v) is 8.06. The standard InChI is InChI=1S/C24H18N3.Ir/c1-17-13-22(20-8-4-3-5-9-20)14-18(2)23(17)27-12-11-26-24(27)21-10-6-7-19(15-21)16-25;/h3-9,11-15H,1-2H3;/q-1;/i1D3,2D3,3D,11D,12D;. The number of hydrogen-bond acceptors (Lipinski definition) is 2. The van der Waals surface area contributed by atoms with E-state index >= 15 is 0 Å². The third kappa shape index (κ3) is 3.68. The van der Waals surface area contributed by atoms with Crippen LogP contribution >= 0.6 is 0 Å². The van der Waals surface area contributed by atoms with Crippen molar-refractivity contribution < 1.29 is 32.4 Å². The zero-order chi connectivity index (χ0) is 26.4. The van der Waals surface area contributed by atoms with E-state index in [1.165, 1.54) is 42.5 Å². The fourth-order valence-corrected chi connectivity index (χ4v) is 2.86. The number of imidazole rings is 1. The predicted molar refractivity (Wildman–Crippen MR) is 107 cm³/mol. The topological polar surface area (TPSA) is 41.6 Å². The minimum Gasteiger partial charge on any atom is -0.340 e. The third-order valence-electron chi connectivity index (χ3n) is 4.09. The van der Waals surface area contributed by atoms with Gasteiger partial charge < -0.3 is 4.57 Å². The molecule has 0 saturated heterocycles. The maximum absolute atomic E-state index is 9.29. The monoisotopic (exact) mass is 550 g/mol. The van der Waals surface area contributed by atoms with Crippen molar-refractivity contribution in [2.45, 2.75) is 13.7 Å². The number of nitriles is 1. The molecule has 0 N–H and O–H groups in total. The van der Waals surface area contributed by atoms with Crippen LogP contribution in [-0.4, -0.2) is 9.55 Å². The number of hydrogen-bond donors (Lipinski definition) is 0. The maximum Gasteiger partial charge on any atom is 0.0846 e. The van der Waals surface area contributed by atoms with Crippen molar-refractivity contribution in [1.82, 2.24) is 9.55 Å². The van der Waals surface area contributed by atoms with Crippen LogP contribution in [0.5, 0.6) is 0 Å². The minimum absolute atomic E-state index is 0. The van der Waals surface area contributed by atoms with Gasteiger partial charge >= 0.3 is 0 Å². The molecule has 0 atom stereocenters. The Bertz CT molecular complexity index is 1460.